The number of hydrogen-bond acceptors (Lipinski definition) is 5. The molecule has 1 aliphatic heterocycles. The van der Waals surface area contributed by atoms with E-state index in [-0.39, 0.29) is 0 Å². The normalized spacial score (nSPS) is 20.2. The van der Waals surface area contributed by atoms with Crippen molar-refractivity contribution in [2.75, 3.05) is 19.6 Å². The van der Waals surface area contributed by atoms with Gasteiger partial charge in [0.05, 0.1) is 0 Å². The molecule has 0 amide bonds. The summed E-state index contributed by atoms with van der Waals surface area (Å²) >= 11 is 7.36. The third kappa shape index (κ3) is 4.16. The zero-order chi connectivity index (χ0) is 13.0. The molecule has 0 radical (unpaired) electrons. The van der Waals surface area contributed by atoms with E-state index in [4.69, 9.17) is 11.6 Å². The number of rotatable bonds is 6. The van der Waals surface area contributed by atoms with Crippen LogP contribution < -0.4 is 5.32 Å². The van der Waals surface area contributed by atoms with Gasteiger partial charge in [-0.05, 0) is 25.3 Å². The van der Waals surface area contributed by atoms with E-state index in [1.807, 2.05) is 0 Å². The lowest BCUT2D eigenvalue weighted by atomic mass is 10.1. The van der Waals surface area contributed by atoms with E-state index in [0.29, 0.717) is 12.0 Å². The molecule has 4 nitrogen and oxygen atoms in total. The van der Waals surface area contributed by atoms with Crippen LogP contribution in [0.1, 0.15) is 32.4 Å². The van der Waals surface area contributed by atoms with Gasteiger partial charge in [-0.1, -0.05) is 29.9 Å². The van der Waals surface area contributed by atoms with Crippen molar-refractivity contribution in [3.8, 4) is 0 Å². The number of aromatic nitrogens is 2. The molecular formula is C12H21ClN4S. The zero-order valence-electron chi connectivity index (χ0n) is 11.0. The van der Waals surface area contributed by atoms with Crippen molar-refractivity contribution in [2.24, 2.45) is 5.92 Å². The molecule has 1 saturated heterocycles. The van der Waals surface area contributed by atoms with Crippen LogP contribution in [0.5, 0.6) is 0 Å². The first kappa shape index (κ1) is 14.2. The maximum Gasteiger partial charge on any atom is 0.138 e. The number of nitrogens with one attached hydrogen (secondary N) is 1. The van der Waals surface area contributed by atoms with Crippen LogP contribution in [0.15, 0.2) is 0 Å². The summed E-state index contributed by atoms with van der Waals surface area (Å²) in [6, 6.07) is 0.620. The minimum Gasteiger partial charge on any atom is -0.313 e. The highest BCUT2D eigenvalue weighted by Crippen LogP contribution is 2.20. The van der Waals surface area contributed by atoms with Gasteiger partial charge >= 0.3 is 0 Å². The van der Waals surface area contributed by atoms with Gasteiger partial charge in [-0.3, -0.25) is 4.90 Å². The van der Waals surface area contributed by atoms with Gasteiger partial charge in [-0.25, -0.2) is 0 Å². The van der Waals surface area contributed by atoms with Crippen molar-refractivity contribution in [1.29, 1.82) is 0 Å². The molecule has 1 aromatic rings. The fourth-order valence-corrected chi connectivity index (χ4v) is 3.06. The smallest absolute Gasteiger partial charge is 0.138 e. The molecule has 0 bridgehead atoms. The highest BCUT2D eigenvalue weighted by atomic mass is 35.5. The monoisotopic (exact) mass is 288 g/mol. The molecule has 0 aromatic carbocycles. The third-order valence-electron chi connectivity index (χ3n) is 3.15. The van der Waals surface area contributed by atoms with Gasteiger partial charge in [0, 0.05) is 37.2 Å². The molecule has 1 fully saturated rings. The molecule has 0 aliphatic carbocycles. The quantitative estimate of drug-likeness (QED) is 0.873. The molecule has 2 heterocycles. The second-order valence-electron chi connectivity index (χ2n) is 5.37. The van der Waals surface area contributed by atoms with Crippen molar-refractivity contribution >= 4 is 23.1 Å². The lowest BCUT2D eigenvalue weighted by molar-refractivity contribution is 0.214. The Bertz CT molecular complexity index is 363. The molecule has 0 spiro atoms. The van der Waals surface area contributed by atoms with E-state index < -0.39 is 0 Å². The van der Waals surface area contributed by atoms with Crippen molar-refractivity contribution in [2.45, 2.75) is 39.3 Å². The Kier molecular flexibility index (Phi) is 5.36. The Hall–Kier alpha value is -0.230. The number of hydrogen-bond donors (Lipinski definition) is 1. The number of halogens is 1. The summed E-state index contributed by atoms with van der Waals surface area (Å²) in [5.41, 5.74) is 0.917. The van der Waals surface area contributed by atoms with E-state index in [1.165, 1.54) is 24.4 Å². The van der Waals surface area contributed by atoms with Crippen LogP contribution in [0, 0.1) is 5.92 Å². The third-order valence-corrected chi connectivity index (χ3v) is 4.13. The summed E-state index contributed by atoms with van der Waals surface area (Å²) in [4.78, 5) is 2.44. The van der Waals surface area contributed by atoms with Crippen molar-refractivity contribution in [3.05, 3.63) is 10.0 Å². The molecule has 1 aromatic heterocycles. The molecule has 18 heavy (non-hydrogen) atoms. The van der Waals surface area contributed by atoms with Crippen LogP contribution in [-0.4, -0.2) is 40.2 Å². The van der Waals surface area contributed by atoms with Crippen molar-refractivity contribution in [3.63, 3.8) is 0 Å². The highest BCUT2D eigenvalue weighted by Gasteiger charge is 2.20. The average molecular weight is 289 g/mol. The van der Waals surface area contributed by atoms with Crippen molar-refractivity contribution in [1.82, 2.24) is 19.8 Å². The Morgan fingerprint density at radius 3 is 2.94 bits per heavy atom. The second-order valence-corrected chi connectivity index (χ2v) is 6.73. The lowest BCUT2D eigenvalue weighted by Crippen LogP contribution is -2.39. The first-order valence-corrected chi connectivity index (χ1v) is 7.72. The second kappa shape index (κ2) is 6.80. The average Bonchev–Trinajstić information content (AvgIpc) is 2.91. The fraction of sp³-hybridized carbons (Fsp3) is 0.833. The lowest BCUT2D eigenvalue weighted by Gasteiger charge is -2.26. The summed E-state index contributed by atoms with van der Waals surface area (Å²) in [6.07, 6.45) is 2.57. The van der Waals surface area contributed by atoms with Gasteiger partial charge in [0.25, 0.3) is 0 Å². The molecule has 102 valence electrons. The molecule has 2 rings (SSSR count). The molecular weight excluding hydrogens is 268 g/mol. The summed E-state index contributed by atoms with van der Waals surface area (Å²) < 4.78 is 4.63. The molecule has 1 N–H and O–H groups in total. The fourth-order valence-electron chi connectivity index (χ4n) is 2.45. The standard InChI is InChI=1S/C12H21ClN4S/c1-9(2)6-17(7-10-4-3-5-14-10)8-11-12(13)18-16-15-11/h9-10,14H,3-8H2,1-2H3. The van der Waals surface area contributed by atoms with E-state index in [2.05, 4.69) is 33.7 Å². The molecule has 6 heteroatoms. The van der Waals surface area contributed by atoms with Gasteiger partial charge in [-0.2, -0.15) is 0 Å². The van der Waals surface area contributed by atoms with E-state index in [1.54, 1.807) is 0 Å². The van der Waals surface area contributed by atoms with Crippen LogP contribution in [0.4, 0.5) is 0 Å². The minimum atomic E-state index is 0.620. The first-order valence-electron chi connectivity index (χ1n) is 6.57. The Labute approximate surface area is 118 Å². The van der Waals surface area contributed by atoms with E-state index >= 15 is 0 Å². The van der Waals surface area contributed by atoms with Crippen LogP contribution >= 0.6 is 23.1 Å². The minimum absolute atomic E-state index is 0.620. The SMILES string of the molecule is CC(C)CN(Cc1nnsc1Cl)CC1CCCN1. The van der Waals surface area contributed by atoms with Crippen molar-refractivity contribution < 1.29 is 0 Å². The van der Waals surface area contributed by atoms with E-state index in [0.717, 1.165) is 36.2 Å². The van der Waals surface area contributed by atoms with Crippen LogP contribution in [0.25, 0.3) is 0 Å². The topological polar surface area (TPSA) is 41.1 Å². The summed E-state index contributed by atoms with van der Waals surface area (Å²) in [5.74, 6) is 0.650. The van der Waals surface area contributed by atoms with Crippen LogP contribution in [-0.2, 0) is 6.54 Å². The summed E-state index contributed by atoms with van der Waals surface area (Å²) in [7, 11) is 0. The summed E-state index contributed by atoms with van der Waals surface area (Å²) in [6.45, 7) is 8.61. The van der Waals surface area contributed by atoms with Gasteiger partial charge < -0.3 is 5.32 Å². The van der Waals surface area contributed by atoms with Gasteiger partial charge in [0.15, 0.2) is 0 Å². The summed E-state index contributed by atoms with van der Waals surface area (Å²) in [5, 5.41) is 7.66. The molecule has 1 unspecified atom stereocenters. The van der Waals surface area contributed by atoms with Gasteiger partial charge in [0.1, 0.15) is 10.0 Å². The van der Waals surface area contributed by atoms with Crippen LogP contribution in [0.3, 0.4) is 0 Å². The number of nitrogens with zero attached hydrogens (tertiary/aromatic N) is 3. The molecule has 0 saturated carbocycles. The largest absolute Gasteiger partial charge is 0.313 e. The Morgan fingerprint density at radius 2 is 2.39 bits per heavy atom. The zero-order valence-corrected chi connectivity index (χ0v) is 12.6. The van der Waals surface area contributed by atoms with E-state index in [9.17, 15) is 0 Å². The maximum absolute atomic E-state index is 6.09. The predicted octanol–water partition coefficient (Wildman–Crippen LogP) is 2.40. The Balaban J connectivity index is 1.93. The molecule has 1 atom stereocenters. The maximum atomic E-state index is 6.09. The van der Waals surface area contributed by atoms with Gasteiger partial charge in [-0.15, -0.1) is 5.10 Å². The van der Waals surface area contributed by atoms with Gasteiger partial charge in [0.2, 0.25) is 0 Å². The van der Waals surface area contributed by atoms with Crippen LogP contribution in [0.2, 0.25) is 4.34 Å². The first-order chi connectivity index (χ1) is 8.65. The Morgan fingerprint density at radius 1 is 1.56 bits per heavy atom. The highest BCUT2D eigenvalue weighted by molar-refractivity contribution is 7.10. The predicted molar refractivity (Wildman–Crippen MR) is 76.1 cm³/mol. The molecule has 1 aliphatic rings.